The highest BCUT2D eigenvalue weighted by Crippen LogP contribution is 2.33. The highest BCUT2D eigenvalue weighted by Gasteiger charge is 2.23. The molecule has 2 aromatic heterocycles. The zero-order valence-electron chi connectivity index (χ0n) is 16.2. The van der Waals surface area contributed by atoms with Crippen molar-refractivity contribution in [3.05, 3.63) is 82.6 Å². The van der Waals surface area contributed by atoms with Crippen LogP contribution in [0.3, 0.4) is 0 Å². The average molecular weight is 485 g/mol. The minimum absolute atomic E-state index is 0.183. The Kier molecular flexibility index (Phi) is 5.21. The summed E-state index contributed by atoms with van der Waals surface area (Å²) in [5, 5.41) is 0.672. The van der Waals surface area contributed by atoms with Crippen molar-refractivity contribution < 1.29 is 17.9 Å². The van der Waals surface area contributed by atoms with Gasteiger partial charge in [0, 0.05) is 27.8 Å². The number of hydrogen-bond acceptors (Lipinski definition) is 5. The quantitative estimate of drug-likeness (QED) is 0.388. The van der Waals surface area contributed by atoms with Gasteiger partial charge >= 0.3 is 5.97 Å². The van der Waals surface area contributed by atoms with Gasteiger partial charge < -0.3 is 4.74 Å². The summed E-state index contributed by atoms with van der Waals surface area (Å²) >= 11 is 3.41. The summed E-state index contributed by atoms with van der Waals surface area (Å²) in [6.07, 6.45) is 3.13. The van der Waals surface area contributed by atoms with E-state index in [0.717, 1.165) is 15.6 Å². The number of rotatable bonds is 4. The van der Waals surface area contributed by atoms with Crippen molar-refractivity contribution in [3.8, 4) is 11.1 Å². The molecular formula is C22H17BrN2O4S. The maximum absolute atomic E-state index is 13.3. The lowest BCUT2D eigenvalue weighted by atomic mass is 10.0. The Hall–Kier alpha value is -2.97. The van der Waals surface area contributed by atoms with E-state index in [0.29, 0.717) is 22.2 Å². The monoisotopic (exact) mass is 484 g/mol. The molecule has 0 aliphatic heterocycles. The molecule has 0 fully saturated rings. The van der Waals surface area contributed by atoms with Crippen molar-refractivity contribution in [1.29, 1.82) is 0 Å². The Morgan fingerprint density at radius 3 is 2.37 bits per heavy atom. The Bertz CT molecular complexity index is 1360. The van der Waals surface area contributed by atoms with Crippen molar-refractivity contribution in [2.75, 3.05) is 7.11 Å². The number of aromatic nitrogens is 2. The molecule has 152 valence electrons. The van der Waals surface area contributed by atoms with E-state index in [9.17, 15) is 13.2 Å². The largest absolute Gasteiger partial charge is 0.465 e. The van der Waals surface area contributed by atoms with Crippen LogP contribution >= 0.6 is 15.9 Å². The van der Waals surface area contributed by atoms with E-state index in [1.54, 1.807) is 60.9 Å². The fourth-order valence-corrected chi connectivity index (χ4v) is 4.85. The number of carbonyl (C=O) groups excluding carboxylic acids is 1. The highest BCUT2D eigenvalue weighted by molar-refractivity contribution is 9.10. The third-order valence-electron chi connectivity index (χ3n) is 4.77. The number of aryl methyl sites for hydroxylation is 1. The number of fused-ring (bicyclic) bond motifs is 1. The van der Waals surface area contributed by atoms with Crippen molar-refractivity contribution in [3.63, 3.8) is 0 Å². The molecule has 0 N–H and O–H groups in total. The molecule has 30 heavy (non-hydrogen) atoms. The van der Waals surface area contributed by atoms with Gasteiger partial charge in [-0.2, -0.15) is 0 Å². The van der Waals surface area contributed by atoms with E-state index >= 15 is 0 Å². The molecule has 0 aliphatic rings. The molecule has 4 rings (SSSR count). The maximum atomic E-state index is 13.3. The van der Waals surface area contributed by atoms with Crippen molar-refractivity contribution in [2.45, 2.75) is 11.8 Å². The van der Waals surface area contributed by atoms with Crippen LogP contribution in [0.4, 0.5) is 0 Å². The summed E-state index contributed by atoms with van der Waals surface area (Å²) in [6.45, 7) is 1.90. The van der Waals surface area contributed by atoms with E-state index in [1.807, 2.05) is 13.0 Å². The van der Waals surface area contributed by atoms with Crippen LogP contribution in [0.2, 0.25) is 0 Å². The average Bonchev–Trinajstić information content (AvgIpc) is 3.13. The first-order valence-electron chi connectivity index (χ1n) is 8.99. The molecule has 0 atom stereocenters. The fraction of sp³-hybridized carbons (Fsp3) is 0.0909. The lowest BCUT2D eigenvalue weighted by molar-refractivity contribution is 0.0600. The van der Waals surface area contributed by atoms with Gasteiger partial charge in [0.15, 0.2) is 5.65 Å². The SMILES string of the molecule is COC(=O)c1ccc(-c2cn(S(=O)(=O)c3ccc(C)cc3)c3ncc(Br)cc23)cc1. The number of benzene rings is 2. The molecule has 6 nitrogen and oxygen atoms in total. The summed E-state index contributed by atoms with van der Waals surface area (Å²) < 4.78 is 33.3. The van der Waals surface area contributed by atoms with Crippen molar-refractivity contribution >= 4 is 43.0 Å². The summed E-state index contributed by atoms with van der Waals surface area (Å²) in [4.78, 5) is 16.3. The minimum atomic E-state index is -3.84. The topological polar surface area (TPSA) is 78.3 Å². The number of pyridine rings is 1. The lowest BCUT2D eigenvalue weighted by Gasteiger charge is -2.07. The van der Waals surface area contributed by atoms with Gasteiger partial charge in [0.25, 0.3) is 10.0 Å². The van der Waals surface area contributed by atoms with Crippen LogP contribution in [-0.4, -0.2) is 30.5 Å². The molecule has 0 saturated carbocycles. The molecule has 0 aliphatic carbocycles. The Morgan fingerprint density at radius 2 is 1.73 bits per heavy atom. The smallest absolute Gasteiger partial charge is 0.337 e. The second-order valence-electron chi connectivity index (χ2n) is 6.75. The van der Waals surface area contributed by atoms with Crippen LogP contribution in [-0.2, 0) is 14.8 Å². The first kappa shape index (κ1) is 20.3. The van der Waals surface area contributed by atoms with E-state index in [2.05, 4.69) is 20.9 Å². The van der Waals surface area contributed by atoms with E-state index in [4.69, 9.17) is 4.74 Å². The van der Waals surface area contributed by atoms with Gasteiger partial charge in [0.05, 0.1) is 17.6 Å². The molecule has 0 spiro atoms. The van der Waals surface area contributed by atoms with Crippen LogP contribution in [0.1, 0.15) is 15.9 Å². The molecule has 0 amide bonds. The van der Waals surface area contributed by atoms with Gasteiger partial charge in [-0.25, -0.2) is 22.2 Å². The van der Waals surface area contributed by atoms with E-state index in [1.165, 1.54) is 11.1 Å². The van der Waals surface area contributed by atoms with E-state index in [-0.39, 0.29) is 4.90 Å². The number of hydrogen-bond donors (Lipinski definition) is 0. The number of carbonyl (C=O) groups is 1. The van der Waals surface area contributed by atoms with Gasteiger partial charge in [0.2, 0.25) is 0 Å². The maximum Gasteiger partial charge on any atom is 0.337 e. The summed E-state index contributed by atoms with van der Waals surface area (Å²) in [5.41, 5.74) is 3.15. The van der Waals surface area contributed by atoms with Crippen LogP contribution in [0.25, 0.3) is 22.2 Å². The van der Waals surface area contributed by atoms with Crippen molar-refractivity contribution in [2.24, 2.45) is 0 Å². The van der Waals surface area contributed by atoms with Gasteiger partial charge in [-0.3, -0.25) is 0 Å². The van der Waals surface area contributed by atoms with Gasteiger partial charge in [-0.1, -0.05) is 29.8 Å². The highest BCUT2D eigenvalue weighted by atomic mass is 79.9. The molecule has 4 aromatic rings. The predicted molar refractivity (Wildman–Crippen MR) is 118 cm³/mol. The van der Waals surface area contributed by atoms with Crippen LogP contribution in [0.5, 0.6) is 0 Å². The van der Waals surface area contributed by atoms with Crippen LogP contribution in [0.15, 0.2) is 76.4 Å². The zero-order valence-corrected chi connectivity index (χ0v) is 18.6. The van der Waals surface area contributed by atoms with Gasteiger partial charge in [0.1, 0.15) is 0 Å². The van der Waals surface area contributed by atoms with Crippen LogP contribution < -0.4 is 0 Å². The first-order valence-corrected chi connectivity index (χ1v) is 11.2. The number of methoxy groups -OCH3 is 1. The normalized spacial score (nSPS) is 11.6. The molecule has 2 heterocycles. The number of esters is 1. The summed E-state index contributed by atoms with van der Waals surface area (Å²) in [6, 6.07) is 15.3. The predicted octanol–water partition coefficient (Wildman–Crippen LogP) is 4.80. The number of halogens is 1. The second kappa shape index (κ2) is 7.70. The Morgan fingerprint density at radius 1 is 1.07 bits per heavy atom. The molecule has 2 aromatic carbocycles. The number of ether oxygens (including phenoxy) is 1. The summed E-state index contributed by atoms with van der Waals surface area (Å²) in [7, 11) is -2.52. The molecule has 0 radical (unpaired) electrons. The second-order valence-corrected chi connectivity index (χ2v) is 9.48. The van der Waals surface area contributed by atoms with Gasteiger partial charge in [-0.05, 0) is 58.7 Å². The minimum Gasteiger partial charge on any atom is -0.465 e. The molecule has 8 heteroatoms. The molecular weight excluding hydrogens is 468 g/mol. The van der Waals surface area contributed by atoms with E-state index < -0.39 is 16.0 Å². The molecule has 0 unspecified atom stereocenters. The number of nitrogens with zero attached hydrogens (tertiary/aromatic N) is 2. The lowest BCUT2D eigenvalue weighted by Crippen LogP contribution is -2.12. The van der Waals surface area contributed by atoms with Crippen molar-refractivity contribution in [1.82, 2.24) is 8.96 Å². The van der Waals surface area contributed by atoms with Crippen LogP contribution in [0, 0.1) is 6.92 Å². The molecule has 0 saturated heterocycles. The Balaban J connectivity index is 1.91. The first-order chi connectivity index (χ1) is 14.3. The molecule has 0 bridgehead atoms. The summed E-state index contributed by atoms with van der Waals surface area (Å²) in [5.74, 6) is -0.435. The third-order valence-corrected chi connectivity index (χ3v) is 6.87. The van der Waals surface area contributed by atoms with Gasteiger partial charge in [-0.15, -0.1) is 0 Å². The third kappa shape index (κ3) is 3.53. The fourth-order valence-electron chi connectivity index (χ4n) is 3.19. The standard InChI is InChI=1S/C22H17BrN2O4S/c1-14-3-9-18(10-4-14)30(27,28)25-13-20(19-11-17(23)12-24-21(19)25)15-5-7-16(8-6-15)22(26)29-2/h3-13H,1-2H3. The zero-order chi connectivity index (χ0) is 21.5. The Labute approximate surface area is 182 Å².